The Hall–Kier alpha value is -3.27. The van der Waals surface area contributed by atoms with E-state index in [1.807, 2.05) is 0 Å². The molecule has 4 rings (SSSR count). The van der Waals surface area contributed by atoms with Crippen LogP contribution in [-0.2, 0) is 17.1 Å². The predicted molar refractivity (Wildman–Crippen MR) is 123 cm³/mol. The van der Waals surface area contributed by atoms with Crippen molar-refractivity contribution in [3.63, 3.8) is 0 Å². The molecular weight excluding hydrogens is 447 g/mol. The summed E-state index contributed by atoms with van der Waals surface area (Å²) in [6.45, 7) is 3.36. The summed E-state index contributed by atoms with van der Waals surface area (Å²) in [7, 11) is -2.12. The van der Waals surface area contributed by atoms with Crippen molar-refractivity contribution in [3.05, 3.63) is 64.3 Å². The fraction of sp³-hybridized carbons (Fsp3) is 0.348. The second-order valence-corrected chi connectivity index (χ2v) is 10.3. The summed E-state index contributed by atoms with van der Waals surface area (Å²) in [5.41, 5.74) is 1.39. The predicted octanol–water partition coefficient (Wildman–Crippen LogP) is 4.19. The second-order valence-electron chi connectivity index (χ2n) is 8.19. The van der Waals surface area contributed by atoms with Crippen LogP contribution >= 0.6 is 0 Å². The van der Waals surface area contributed by atoms with E-state index in [1.54, 1.807) is 45.3 Å². The number of sulfonamides is 1. The molecule has 2 aromatic heterocycles. The van der Waals surface area contributed by atoms with E-state index in [4.69, 9.17) is 4.74 Å². The Kier molecular flexibility index (Phi) is 6.20. The zero-order valence-electron chi connectivity index (χ0n) is 18.6. The Morgan fingerprint density at radius 3 is 2.67 bits per heavy atom. The van der Waals surface area contributed by atoms with Gasteiger partial charge in [-0.1, -0.05) is 19.1 Å². The number of halogens is 1. The van der Waals surface area contributed by atoms with Crippen molar-refractivity contribution in [2.45, 2.75) is 44.3 Å². The maximum absolute atomic E-state index is 14.6. The molecule has 0 spiro atoms. The van der Waals surface area contributed by atoms with Crippen molar-refractivity contribution in [1.82, 2.24) is 14.5 Å². The lowest BCUT2D eigenvalue weighted by Gasteiger charge is -2.15. The highest BCUT2D eigenvalue weighted by Gasteiger charge is 2.29. The van der Waals surface area contributed by atoms with Gasteiger partial charge in [-0.2, -0.15) is 9.97 Å². The molecular formula is C23H25FN4O4S. The molecule has 0 aliphatic heterocycles. The Labute approximate surface area is 191 Å². The number of para-hydroxylation sites is 1. The summed E-state index contributed by atoms with van der Waals surface area (Å²) in [6.07, 6.45) is 3.87. The molecule has 33 heavy (non-hydrogen) atoms. The molecule has 1 aromatic carbocycles. The highest BCUT2D eigenvalue weighted by atomic mass is 32.2. The third-order valence-electron chi connectivity index (χ3n) is 5.65. The summed E-state index contributed by atoms with van der Waals surface area (Å²) in [5.74, 6) is -0.301. The van der Waals surface area contributed by atoms with Gasteiger partial charge in [-0.15, -0.1) is 0 Å². The first-order chi connectivity index (χ1) is 15.7. The second kappa shape index (κ2) is 8.93. The van der Waals surface area contributed by atoms with E-state index in [0.29, 0.717) is 17.7 Å². The normalized spacial score (nSPS) is 14.7. The van der Waals surface area contributed by atoms with Gasteiger partial charge in [0.2, 0.25) is 15.6 Å². The van der Waals surface area contributed by atoms with Crippen LogP contribution < -0.4 is 15.0 Å². The van der Waals surface area contributed by atoms with Gasteiger partial charge in [0.05, 0.1) is 10.9 Å². The number of nitrogens with one attached hydrogen (secondary N) is 1. The van der Waals surface area contributed by atoms with Crippen molar-refractivity contribution in [3.8, 4) is 23.0 Å². The number of benzene rings is 1. The molecule has 1 fully saturated rings. The van der Waals surface area contributed by atoms with Crippen LogP contribution in [0.2, 0.25) is 0 Å². The summed E-state index contributed by atoms with van der Waals surface area (Å²) >= 11 is 0. The minimum absolute atomic E-state index is 0.00605. The summed E-state index contributed by atoms with van der Waals surface area (Å²) < 4.78 is 49.6. The molecule has 0 unspecified atom stereocenters. The molecule has 10 heteroatoms. The molecule has 0 amide bonds. The standard InChI is InChI=1S/C23H25FN4O4S/c1-4-14(2)33(30,31)27-20-12-19(16-10-11-21(29)28(3)13-16)25-23(26-20)32-22-17(15-8-9-15)6-5-7-18(22)24/h5-7,10-15H,4,8-9H2,1-3H3,(H,25,26,27)/t14-/m0/s1. The summed E-state index contributed by atoms with van der Waals surface area (Å²) in [6, 6.07) is 8.93. The van der Waals surface area contributed by atoms with Gasteiger partial charge < -0.3 is 9.30 Å². The zero-order valence-corrected chi connectivity index (χ0v) is 19.4. The van der Waals surface area contributed by atoms with Crippen LogP contribution in [0.15, 0.2) is 47.4 Å². The first-order valence-corrected chi connectivity index (χ1v) is 12.3. The molecule has 3 aromatic rings. The van der Waals surface area contributed by atoms with Crippen LogP contribution in [-0.4, -0.2) is 28.2 Å². The maximum Gasteiger partial charge on any atom is 0.324 e. The lowest BCUT2D eigenvalue weighted by molar-refractivity contribution is 0.407. The number of pyridine rings is 1. The third kappa shape index (κ3) is 5.05. The van der Waals surface area contributed by atoms with Crippen LogP contribution in [0.5, 0.6) is 11.8 Å². The van der Waals surface area contributed by atoms with Gasteiger partial charge in [0.15, 0.2) is 11.6 Å². The van der Waals surface area contributed by atoms with Crippen LogP contribution in [0.3, 0.4) is 0 Å². The highest BCUT2D eigenvalue weighted by Crippen LogP contribution is 2.45. The number of anilines is 1. The quantitative estimate of drug-likeness (QED) is 0.527. The Morgan fingerprint density at radius 2 is 2.00 bits per heavy atom. The molecule has 1 saturated carbocycles. The van der Waals surface area contributed by atoms with Crippen LogP contribution in [0.4, 0.5) is 10.2 Å². The SMILES string of the molecule is CC[C@H](C)S(=O)(=O)Nc1cc(-c2ccc(=O)n(C)c2)nc(Oc2c(F)cccc2C2CC2)n1. The zero-order chi connectivity index (χ0) is 23.8. The number of nitrogens with zero attached hydrogens (tertiary/aromatic N) is 3. The van der Waals surface area contributed by atoms with Gasteiger partial charge in [0.25, 0.3) is 0 Å². The Balaban J connectivity index is 1.79. The maximum atomic E-state index is 14.6. The minimum Gasteiger partial charge on any atom is -0.421 e. The Bertz CT molecular complexity index is 1350. The molecule has 1 N–H and O–H groups in total. The van der Waals surface area contributed by atoms with E-state index in [9.17, 15) is 17.6 Å². The van der Waals surface area contributed by atoms with E-state index in [-0.39, 0.29) is 29.1 Å². The third-order valence-corrected chi connectivity index (χ3v) is 7.53. The van der Waals surface area contributed by atoms with Crippen molar-refractivity contribution in [1.29, 1.82) is 0 Å². The Morgan fingerprint density at radius 1 is 1.24 bits per heavy atom. The molecule has 1 aliphatic rings. The highest BCUT2D eigenvalue weighted by molar-refractivity contribution is 7.93. The minimum atomic E-state index is -3.71. The van der Waals surface area contributed by atoms with Gasteiger partial charge in [-0.25, -0.2) is 12.8 Å². The number of hydrogen-bond donors (Lipinski definition) is 1. The number of aryl methyl sites for hydroxylation is 1. The number of rotatable bonds is 8. The van der Waals surface area contributed by atoms with Crippen molar-refractivity contribution < 1.29 is 17.5 Å². The van der Waals surface area contributed by atoms with E-state index in [2.05, 4.69) is 14.7 Å². The van der Waals surface area contributed by atoms with Gasteiger partial charge in [-0.05, 0) is 44.2 Å². The van der Waals surface area contributed by atoms with Crippen molar-refractivity contribution in [2.75, 3.05) is 4.72 Å². The molecule has 0 bridgehead atoms. The lowest BCUT2D eigenvalue weighted by atomic mass is 10.1. The average molecular weight is 473 g/mol. The van der Waals surface area contributed by atoms with Crippen molar-refractivity contribution >= 4 is 15.8 Å². The first-order valence-electron chi connectivity index (χ1n) is 10.7. The molecule has 0 saturated heterocycles. The van der Waals surface area contributed by atoms with Gasteiger partial charge in [0.1, 0.15) is 5.82 Å². The molecule has 0 radical (unpaired) electrons. The molecule has 174 valence electrons. The number of hydrogen-bond acceptors (Lipinski definition) is 6. The van der Waals surface area contributed by atoms with Crippen LogP contribution in [0.1, 0.15) is 44.6 Å². The molecule has 2 heterocycles. The fourth-order valence-corrected chi connectivity index (χ4v) is 4.36. The smallest absolute Gasteiger partial charge is 0.324 e. The van der Waals surface area contributed by atoms with Crippen LogP contribution in [0.25, 0.3) is 11.3 Å². The van der Waals surface area contributed by atoms with Gasteiger partial charge >= 0.3 is 6.01 Å². The van der Waals surface area contributed by atoms with Gasteiger partial charge in [0, 0.05) is 36.5 Å². The van der Waals surface area contributed by atoms with E-state index >= 15 is 0 Å². The monoisotopic (exact) mass is 472 g/mol. The summed E-state index contributed by atoms with van der Waals surface area (Å²) in [4.78, 5) is 20.4. The fourth-order valence-electron chi connectivity index (χ4n) is 3.32. The molecule has 1 atom stereocenters. The topological polar surface area (TPSA) is 103 Å². The van der Waals surface area contributed by atoms with E-state index < -0.39 is 21.1 Å². The lowest BCUT2D eigenvalue weighted by Crippen LogP contribution is -2.25. The average Bonchev–Trinajstić information content (AvgIpc) is 3.61. The van der Waals surface area contributed by atoms with E-state index in [0.717, 1.165) is 18.4 Å². The first kappa shape index (κ1) is 22.9. The number of ether oxygens (including phenoxy) is 1. The van der Waals surface area contributed by atoms with Gasteiger partial charge in [-0.3, -0.25) is 9.52 Å². The van der Waals surface area contributed by atoms with Crippen molar-refractivity contribution in [2.24, 2.45) is 7.05 Å². The summed E-state index contributed by atoms with van der Waals surface area (Å²) in [5, 5.41) is -0.647. The molecule has 1 aliphatic carbocycles. The largest absolute Gasteiger partial charge is 0.421 e. The molecule has 8 nitrogen and oxygen atoms in total. The van der Waals surface area contributed by atoms with E-state index in [1.165, 1.54) is 22.8 Å². The van der Waals surface area contributed by atoms with Crippen LogP contribution in [0, 0.1) is 5.82 Å². The number of aromatic nitrogens is 3.